The molecule has 12 heavy (non-hydrogen) atoms. The Kier molecular flexibility index (Phi) is 1.55. The molecular weight excluding hydrogens is 159 g/mol. The lowest BCUT2D eigenvalue weighted by atomic mass is 10.1. The van der Waals surface area contributed by atoms with Crippen LogP contribution in [0.15, 0.2) is 18.2 Å². The lowest BCUT2D eigenvalue weighted by Crippen LogP contribution is -2.33. The van der Waals surface area contributed by atoms with Crippen molar-refractivity contribution in [2.45, 2.75) is 0 Å². The molecule has 0 unspecified atom stereocenters. The summed E-state index contributed by atoms with van der Waals surface area (Å²) < 4.78 is 12.6. The molecule has 4 heteroatoms. The zero-order valence-electron chi connectivity index (χ0n) is 6.17. The number of hydrogen-bond acceptors (Lipinski definition) is 2. The highest BCUT2D eigenvalue weighted by molar-refractivity contribution is 6.02. The van der Waals surface area contributed by atoms with E-state index in [0.29, 0.717) is 11.3 Å². The predicted molar refractivity (Wildman–Crippen MR) is 40.5 cm³/mol. The zero-order chi connectivity index (χ0) is 8.55. The van der Waals surface area contributed by atoms with Crippen LogP contribution in [0.3, 0.4) is 0 Å². The van der Waals surface area contributed by atoms with Crippen molar-refractivity contribution in [3.63, 3.8) is 0 Å². The summed E-state index contributed by atoms with van der Waals surface area (Å²) in [4.78, 5) is 11.2. The van der Waals surface area contributed by atoms with Crippen LogP contribution in [-0.4, -0.2) is 12.3 Å². The number of nitrogens with zero attached hydrogens (tertiary/aromatic N) is 1. The van der Waals surface area contributed by atoms with Crippen LogP contribution in [0.5, 0.6) is 0 Å². The van der Waals surface area contributed by atoms with Gasteiger partial charge in [0.25, 0.3) is 0 Å². The van der Waals surface area contributed by atoms with E-state index in [1.165, 1.54) is 18.2 Å². The average molecular weight is 165 g/mol. The molecule has 0 fully saturated rings. The van der Waals surface area contributed by atoms with E-state index >= 15 is 0 Å². The molecule has 1 aromatic carbocycles. The highest BCUT2D eigenvalue weighted by Crippen LogP contribution is 2.19. The van der Waals surface area contributed by atoms with Crippen LogP contribution < -0.4 is 10.9 Å². The third kappa shape index (κ3) is 1.06. The number of carbonyl (C=O) groups excluding carboxylic acids is 1. The van der Waals surface area contributed by atoms with E-state index in [1.807, 2.05) is 0 Å². The number of rotatable bonds is 0. The van der Waals surface area contributed by atoms with E-state index in [4.69, 9.17) is 0 Å². The van der Waals surface area contributed by atoms with E-state index in [2.05, 4.69) is 10.9 Å². The molecule has 0 saturated heterocycles. The first kappa shape index (κ1) is 7.24. The molecule has 2 rings (SSSR count). The van der Waals surface area contributed by atoms with Crippen molar-refractivity contribution in [3.8, 4) is 0 Å². The van der Waals surface area contributed by atoms with Gasteiger partial charge in [-0.1, -0.05) is 0 Å². The Morgan fingerprint density at radius 3 is 3.17 bits per heavy atom. The van der Waals surface area contributed by atoms with Gasteiger partial charge in [-0.2, -0.15) is 0 Å². The van der Waals surface area contributed by atoms with Gasteiger partial charge >= 0.3 is 0 Å². The van der Waals surface area contributed by atoms with Crippen LogP contribution >= 0.6 is 0 Å². The number of nitrogens with one attached hydrogen (secondary N) is 1. The lowest BCUT2D eigenvalue weighted by molar-refractivity contribution is 0.0980. The summed E-state index contributed by atoms with van der Waals surface area (Å²) in [7, 11) is 0. The molecule has 3 nitrogen and oxygen atoms in total. The molecule has 1 aromatic rings. The van der Waals surface area contributed by atoms with E-state index in [-0.39, 0.29) is 18.1 Å². The molecule has 1 heterocycles. The maximum Gasteiger partial charge on any atom is 0.180 e. The fourth-order valence-corrected chi connectivity index (χ4v) is 1.12. The van der Waals surface area contributed by atoms with Crippen molar-refractivity contribution in [2.75, 3.05) is 6.54 Å². The van der Waals surface area contributed by atoms with Crippen molar-refractivity contribution >= 4 is 11.5 Å². The summed E-state index contributed by atoms with van der Waals surface area (Å²) in [6.45, 7) is 0.193. The molecule has 1 aliphatic rings. The van der Waals surface area contributed by atoms with E-state index in [9.17, 15) is 9.18 Å². The average Bonchev–Trinajstić information content (AvgIpc) is 2.04. The molecular formula is C8H6FN2O. The SMILES string of the molecule is O=C1CN[N]c2cc(F)ccc21. The minimum absolute atomic E-state index is 0.0556. The quantitative estimate of drug-likeness (QED) is 0.616. The second-order valence-electron chi connectivity index (χ2n) is 2.53. The minimum Gasteiger partial charge on any atom is -0.293 e. The van der Waals surface area contributed by atoms with Gasteiger partial charge in [0.1, 0.15) is 5.82 Å². The topological polar surface area (TPSA) is 43.2 Å². The van der Waals surface area contributed by atoms with E-state index < -0.39 is 0 Å². The lowest BCUT2D eigenvalue weighted by Gasteiger charge is -2.14. The van der Waals surface area contributed by atoms with Gasteiger partial charge in [0, 0.05) is 11.6 Å². The fourth-order valence-electron chi connectivity index (χ4n) is 1.12. The van der Waals surface area contributed by atoms with Crippen LogP contribution in [0, 0.1) is 5.82 Å². The van der Waals surface area contributed by atoms with Gasteiger partial charge in [-0.25, -0.2) is 15.2 Å². The molecule has 0 bridgehead atoms. The summed E-state index contributed by atoms with van der Waals surface area (Å²) in [6, 6.07) is 3.95. The molecule has 1 N–H and O–H groups in total. The number of ketones is 1. The second kappa shape index (κ2) is 2.57. The maximum atomic E-state index is 12.6. The number of fused-ring (bicyclic) bond motifs is 1. The number of hydrogen-bond donors (Lipinski definition) is 1. The summed E-state index contributed by atoms with van der Waals surface area (Å²) in [5, 5.41) is 0. The molecule has 0 spiro atoms. The smallest absolute Gasteiger partial charge is 0.180 e. The van der Waals surface area contributed by atoms with Crippen molar-refractivity contribution in [1.29, 1.82) is 0 Å². The Hall–Kier alpha value is -1.42. The first-order chi connectivity index (χ1) is 5.77. The van der Waals surface area contributed by atoms with Crippen molar-refractivity contribution in [1.82, 2.24) is 10.9 Å². The standard InChI is InChI=1S/C8H6FN2O/c9-5-1-2-6-7(3-5)11-10-4-8(6)12/h1-3,10H,4H2. The minimum atomic E-state index is -0.381. The summed E-state index contributed by atoms with van der Waals surface area (Å²) in [5.41, 5.74) is 7.18. The molecule has 0 atom stereocenters. The third-order valence-electron chi connectivity index (χ3n) is 1.70. The monoisotopic (exact) mass is 165 g/mol. The Bertz CT molecular complexity index is 338. The zero-order valence-corrected chi connectivity index (χ0v) is 6.17. The highest BCUT2D eigenvalue weighted by Gasteiger charge is 2.17. The Labute approximate surface area is 68.6 Å². The molecule has 0 aromatic heterocycles. The van der Waals surface area contributed by atoms with Gasteiger partial charge in [0.2, 0.25) is 0 Å². The molecule has 1 radical (unpaired) electrons. The molecule has 61 valence electrons. The Balaban J connectivity index is 2.53. The number of Topliss-reactive ketones (excluding diaryl/α,β-unsaturated/α-hetero) is 1. The largest absolute Gasteiger partial charge is 0.293 e. The van der Waals surface area contributed by atoms with Gasteiger partial charge < -0.3 is 0 Å². The van der Waals surface area contributed by atoms with Gasteiger partial charge in [-0.15, -0.1) is 0 Å². The van der Waals surface area contributed by atoms with E-state index in [1.54, 1.807) is 0 Å². The number of halogens is 1. The summed E-state index contributed by atoms with van der Waals surface area (Å²) in [6.07, 6.45) is 0. The second-order valence-corrected chi connectivity index (χ2v) is 2.53. The normalized spacial score (nSPS) is 15.2. The van der Waals surface area contributed by atoms with Crippen LogP contribution in [0.2, 0.25) is 0 Å². The highest BCUT2D eigenvalue weighted by atomic mass is 19.1. The van der Waals surface area contributed by atoms with Gasteiger partial charge in [0.15, 0.2) is 5.78 Å². The van der Waals surface area contributed by atoms with Crippen molar-refractivity contribution in [2.24, 2.45) is 0 Å². The number of benzene rings is 1. The summed E-state index contributed by atoms with van der Waals surface area (Å²) >= 11 is 0. The molecule has 0 aliphatic carbocycles. The first-order valence-corrected chi connectivity index (χ1v) is 3.54. The third-order valence-corrected chi connectivity index (χ3v) is 1.70. The van der Waals surface area contributed by atoms with Crippen molar-refractivity contribution < 1.29 is 9.18 Å². The fraction of sp³-hybridized carbons (Fsp3) is 0.125. The van der Waals surface area contributed by atoms with Gasteiger partial charge in [-0.3, -0.25) is 4.79 Å². The van der Waals surface area contributed by atoms with Crippen LogP contribution in [0.4, 0.5) is 10.1 Å². The molecule has 0 amide bonds. The molecule has 0 saturated carbocycles. The van der Waals surface area contributed by atoms with E-state index in [0.717, 1.165) is 0 Å². The van der Waals surface area contributed by atoms with Crippen molar-refractivity contribution in [3.05, 3.63) is 29.6 Å². The number of carbonyl (C=O) groups is 1. The van der Waals surface area contributed by atoms with Gasteiger partial charge in [-0.05, 0) is 12.1 Å². The Morgan fingerprint density at radius 2 is 2.33 bits per heavy atom. The van der Waals surface area contributed by atoms with Gasteiger partial charge in [0.05, 0.1) is 12.2 Å². The van der Waals surface area contributed by atoms with Crippen LogP contribution in [0.25, 0.3) is 0 Å². The van der Waals surface area contributed by atoms with Crippen LogP contribution in [-0.2, 0) is 0 Å². The van der Waals surface area contributed by atoms with Crippen LogP contribution in [0.1, 0.15) is 10.4 Å². The summed E-state index contributed by atoms with van der Waals surface area (Å²) in [5.74, 6) is -0.436. The Morgan fingerprint density at radius 1 is 1.50 bits per heavy atom. The first-order valence-electron chi connectivity index (χ1n) is 3.54. The maximum absolute atomic E-state index is 12.6. The predicted octanol–water partition coefficient (Wildman–Crippen LogP) is 0.763. The molecule has 1 aliphatic heterocycles.